The van der Waals surface area contributed by atoms with Crippen LogP contribution in [-0.2, 0) is 0 Å². The van der Waals surface area contributed by atoms with E-state index in [0.29, 0.717) is 26.4 Å². The third-order valence-corrected chi connectivity index (χ3v) is 5.78. The van der Waals surface area contributed by atoms with Gasteiger partial charge in [-0.25, -0.2) is 0 Å². The Balaban J connectivity index is 2.01. The Hall–Kier alpha value is -2.36. The number of hydrogen-bond acceptors (Lipinski definition) is 4. The summed E-state index contributed by atoms with van der Waals surface area (Å²) in [5.41, 5.74) is 4.44. The lowest BCUT2D eigenvalue weighted by Gasteiger charge is -2.32. The predicted octanol–water partition coefficient (Wildman–Crippen LogP) is 8.05. The van der Waals surface area contributed by atoms with Crippen molar-refractivity contribution in [3.8, 4) is 45.3 Å². The lowest BCUT2D eigenvalue weighted by Crippen LogP contribution is -2.12. The Morgan fingerprint density at radius 3 is 0.812 bits per heavy atom. The molecule has 3 rings (SSSR count). The minimum absolute atomic E-state index is 0.715. The molecule has 0 atom stereocenters. The van der Waals surface area contributed by atoms with E-state index in [1.54, 1.807) is 0 Å². The van der Waals surface area contributed by atoms with Gasteiger partial charge in [-0.3, -0.25) is 0 Å². The highest BCUT2D eigenvalue weighted by molar-refractivity contribution is 6.12. The molecular formula is C28H40O4. The first-order valence-corrected chi connectivity index (χ1v) is 12.6. The summed E-state index contributed by atoms with van der Waals surface area (Å²) in [4.78, 5) is 0. The first kappa shape index (κ1) is 24.3. The summed E-state index contributed by atoms with van der Waals surface area (Å²) in [6.07, 6.45) is 8.59. The molecule has 32 heavy (non-hydrogen) atoms. The van der Waals surface area contributed by atoms with Crippen LogP contribution in [0.4, 0.5) is 0 Å². The van der Waals surface area contributed by atoms with E-state index in [2.05, 4.69) is 52.0 Å². The molecule has 0 unspecified atom stereocenters. The molecule has 0 saturated carbocycles. The average molecular weight is 441 g/mol. The number of ether oxygens (including phenoxy) is 4. The molecule has 0 saturated heterocycles. The van der Waals surface area contributed by atoms with Crippen LogP contribution in [0, 0.1) is 0 Å². The quantitative estimate of drug-likeness (QED) is 0.211. The predicted molar refractivity (Wildman–Crippen MR) is 132 cm³/mol. The van der Waals surface area contributed by atoms with Crippen molar-refractivity contribution < 1.29 is 18.9 Å². The van der Waals surface area contributed by atoms with Crippen molar-refractivity contribution >= 4 is 0 Å². The van der Waals surface area contributed by atoms with Gasteiger partial charge in [0.25, 0.3) is 0 Å². The zero-order chi connectivity index (χ0) is 22.8. The lowest BCUT2D eigenvalue weighted by atomic mass is 9.78. The number of unbranched alkanes of at least 4 members (excludes halogenated alkanes) is 4. The Labute approximate surface area is 194 Å². The smallest absolute Gasteiger partial charge is 0.128 e. The van der Waals surface area contributed by atoms with E-state index in [9.17, 15) is 0 Å². The molecule has 0 N–H and O–H groups in total. The van der Waals surface area contributed by atoms with Crippen molar-refractivity contribution in [1.29, 1.82) is 0 Å². The van der Waals surface area contributed by atoms with Crippen LogP contribution in [0.2, 0.25) is 0 Å². The summed E-state index contributed by atoms with van der Waals surface area (Å²) in [6, 6.07) is 8.22. The topological polar surface area (TPSA) is 36.9 Å². The van der Waals surface area contributed by atoms with E-state index in [-0.39, 0.29) is 0 Å². The van der Waals surface area contributed by atoms with Crippen LogP contribution >= 0.6 is 0 Å². The summed E-state index contributed by atoms with van der Waals surface area (Å²) in [7, 11) is 0. The van der Waals surface area contributed by atoms with Crippen LogP contribution in [0.15, 0.2) is 24.3 Å². The highest BCUT2D eigenvalue weighted by Gasteiger charge is 2.36. The Morgan fingerprint density at radius 1 is 0.406 bits per heavy atom. The molecule has 1 aliphatic carbocycles. The van der Waals surface area contributed by atoms with Crippen LogP contribution in [0.25, 0.3) is 22.3 Å². The first-order chi connectivity index (χ1) is 15.8. The third kappa shape index (κ3) is 5.51. The molecule has 176 valence electrons. The molecule has 4 heteroatoms. The second-order valence-corrected chi connectivity index (χ2v) is 8.43. The van der Waals surface area contributed by atoms with Gasteiger partial charge < -0.3 is 18.9 Å². The molecule has 0 aromatic heterocycles. The van der Waals surface area contributed by atoms with Crippen LogP contribution < -0.4 is 18.9 Å². The van der Waals surface area contributed by atoms with Gasteiger partial charge in [0, 0.05) is 22.3 Å². The summed E-state index contributed by atoms with van der Waals surface area (Å²) >= 11 is 0. The van der Waals surface area contributed by atoms with Gasteiger partial charge in [-0.05, 0) is 49.9 Å². The van der Waals surface area contributed by atoms with Gasteiger partial charge >= 0.3 is 0 Å². The highest BCUT2D eigenvalue weighted by Crippen LogP contribution is 2.62. The molecule has 0 fully saturated rings. The van der Waals surface area contributed by atoms with E-state index >= 15 is 0 Å². The second-order valence-electron chi connectivity index (χ2n) is 8.43. The number of rotatable bonds is 16. The maximum Gasteiger partial charge on any atom is 0.128 e. The summed E-state index contributed by atoms with van der Waals surface area (Å²) < 4.78 is 24.9. The minimum atomic E-state index is 0.715. The zero-order valence-electron chi connectivity index (χ0n) is 20.4. The summed E-state index contributed by atoms with van der Waals surface area (Å²) in [6.45, 7) is 11.6. The van der Waals surface area contributed by atoms with Crippen LogP contribution in [0.1, 0.15) is 79.1 Å². The molecule has 2 aromatic carbocycles. The Bertz CT molecular complexity index is 703. The summed E-state index contributed by atoms with van der Waals surface area (Å²) in [5, 5.41) is 0. The second kappa shape index (κ2) is 12.6. The van der Waals surface area contributed by atoms with E-state index < -0.39 is 0 Å². The molecule has 0 bridgehead atoms. The van der Waals surface area contributed by atoms with Gasteiger partial charge in [-0.1, -0.05) is 53.4 Å². The Kier molecular flexibility index (Phi) is 9.58. The number of hydrogen-bond donors (Lipinski definition) is 0. The molecule has 0 aliphatic heterocycles. The first-order valence-electron chi connectivity index (χ1n) is 12.6. The number of benzene rings is 2. The molecule has 4 nitrogen and oxygen atoms in total. The van der Waals surface area contributed by atoms with Crippen molar-refractivity contribution in [2.45, 2.75) is 79.1 Å². The maximum absolute atomic E-state index is 6.21. The molecule has 2 aromatic rings. The lowest BCUT2D eigenvalue weighted by molar-refractivity contribution is 0.295. The molecule has 0 radical (unpaired) electrons. The van der Waals surface area contributed by atoms with Crippen molar-refractivity contribution in [2.75, 3.05) is 26.4 Å². The molecule has 0 amide bonds. The zero-order valence-corrected chi connectivity index (χ0v) is 20.4. The fourth-order valence-electron chi connectivity index (χ4n) is 3.85. The standard InChI is InChI=1S/C28H40O4/c1-5-9-17-29-21-13-14-22(30-18-10-6-2)26-25(21)27-23(31-19-11-7-3)15-16-24(28(26)27)32-20-12-8-4/h13-16H,5-12,17-20H2,1-4H3. The van der Waals surface area contributed by atoms with Gasteiger partial charge in [0.05, 0.1) is 26.4 Å². The van der Waals surface area contributed by atoms with Crippen LogP contribution in [-0.4, -0.2) is 26.4 Å². The van der Waals surface area contributed by atoms with Crippen molar-refractivity contribution in [3.63, 3.8) is 0 Å². The maximum atomic E-state index is 6.21. The van der Waals surface area contributed by atoms with Crippen LogP contribution in [0.5, 0.6) is 23.0 Å². The average Bonchev–Trinajstić information content (AvgIpc) is 2.78. The SMILES string of the molecule is CCCCOc1ccc(OCCCC)c2c1-c1c(OCCCC)ccc(OCCCC)c1-2. The van der Waals surface area contributed by atoms with Crippen LogP contribution in [0.3, 0.4) is 0 Å². The largest absolute Gasteiger partial charge is 0.493 e. The van der Waals surface area contributed by atoms with E-state index in [1.165, 1.54) is 0 Å². The summed E-state index contributed by atoms with van der Waals surface area (Å²) in [5.74, 6) is 3.65. The van der Waals surface area contributed by atoms with Gasteiger partial charge in [0.15, 0.2) is 0 Å². The van der Waals surface area contributed by atoms with Crippen molar-refractivity contribution in [1.82, 2.24) is 0 Å². The Morgan fingerprint density at radius 2 is 0.625 bits per heavy atom. The van der Waals surface area contributed by atoms with E-state index in [0.717, 1.165) is 96.6 Å². The van der Waals surface area contributed by atoms with Crippen molar-refractivity contribution in [3.05, 3.63) is 24.3 Å². The molecular weight excluding hydrogens is 400 g/mol. The van der Waals surface area contributed by atoms with Gasteiger partial charge in [0.1, 0.15) is 23.0 Å². The minimum Gasteiger partial charge on any atom is -0.493 e. The fraction of sp³-hybridized carbons (Fsp3) is 0.571. The molecule has 1 aliphatic rings. The third-order valence-electron chi connectivity index (χ3n) is 5.78. The molecule has 0 heterocycles. The monoisotopic (exact) mass is 440 g/mol. The normalized spacial score (nSPS) is 11.4. The van der Waals surface area contributed by atoms with Gasteiger partial charge in [-0.15, -0.1) is 0 Å². The number of fused-ring (bicyclic) bond motifs is 4. The van der Waals surface area contributed by atoms with Crippen molar-refractivity contribution in [2.24, 2.45) is 0 Å². The van der Waals surface area contributed by atoms with Gasteiger partial charge in [0.2, 0.25) is 0 Å². The fourth-order valence-corrected chi connectivity index (χ4v) is 3.85. The molecule has 0 spiro atoms. The van der Waals surface area contributed by atoms with E-state index in [4.69, 9.17) is 18.9 Å². The van der Waals surface area contributed by atoms with E-state index in [1.807, 2.05) is 0 Å². The highest BCUT2D eigenvalue weighted by atomic mass is 16.5. The van der Waals surface area contributed by atoms with Gasteiger partial charge in [-0.2, -0.15) is 0 Å².